The summed E-state index contributed by atoms with van der Waals surface area (Å²) in [6.07, 6.45) is 1.62. The van der Waals surface area contributed by atoms with Crippen molar-refractivity contribution in [1.29, 1.82) is 5.26 Å². The molecule has 0 radical (unpaired) electrons. The summed E-state index contributed by atoms with van der Waals surface area (Å²) in [7, 11) is 0. The fraction of sp³-hybridized carbons (Fsp3) is 0.778. The first-order chi connectivity index (χ1) is 7.00. The van der Waals surface area contributed by atoms with E-state index in [0.717, 1.165) is 0 Å². The van der Waals surface area contributed by atoms with Gasteiger partial charge >= 0.3 is 5.97 Å². The number of nitriles is 1. The summed E-state index contributed by atoms with van der Waals surface area (Å²) in [6, 6.07) is 1.85. The fourth-order valence-corrected chi connectivity index (χ4v) is 2.65. The second kappa shape index (κ2) is 4.73. The summed E-state index contributed by atoms with van der Waals surface area (Å²) in [4.78, 5) is 10.9. The Morgan fingerprint density at radius 2 is 2.07 bits per heavy atom. The Kier molecular flexibility index (Phi) is 3.83. The molecule has 5 nitrogen and oxygen atoms in total. The summed E-state index contributed by atoms with van der Waals surface area (Å²) in [5.41, 5.74) is -1.27. The molecule has 0 saturated heterocycles. The van der Waals surface area contributed by atoms with Crippen molar-refractivity contribution in [3.8, 4) is 6.07 Å². The van der Waals surface area contributed by atoms with Crippen molar-refractivity contribution in [3.05, 3.63) is 0 Å². The van der Waals surface area contributed by atoms with Gasteiger partial charge in [0.15, 0.2) is 16.5 Å². The van der Waals surface area contributed by atoms with E-state index in [1.807, 2.05) is 6.07 Å². The summed E-state index contributed by atoms with van der Waals surface area (Å²) in [5, 5.41) is 17.8. The van der Waals surface area contributed by atoms with Crippen LogP contribution in [0.1, 0.15) is 25.7 Å². The van der Waals surface area contributed by atoms with Crippen LogP contribution in [-0.4, -0.2) is 25.6 Å². The Morgan fingerprint density at radius 1 is 1.53 bits per heavy atom. The molecule has 0 heterocycles. The molecule has 0 bridgehead atoms. The topological polar surface area (TPSA) is 98.4 Å². The van der Waals surface area contributed by atoms with Crippen LogP contribution in [0, 0.1) is 22.7 Å². The third kappa shape index (κ3) is 2.76. The molecule has 0 aromatic carbocycles. The van der Waals surface area contributed by atoms with Crippen LogP contribution < -0.4 is 0 Å². The van der Waals surface area contributed by atoms with Gasteiger partial charge in [0, 0.05) is 0 Å². The molecule has 1 atom stereocenters. The zero-order valence-electron chi connectivity index (χ0n) is 8.18. The van der Waals surface area contributed by atoms with Crippen molar-refractivity contribution in [3.63, 3.8) is 0 Å². The van der Waals surface area contributed by atoms with Crippen LogP contribution in [0.4, 0.5) is 0 Å². The van der Waals surface area contributed by atoms with Crippen molar-refractivity contribution in [2.24, 2.45) is 11.3 Å². The summed E-state index contributed by atoms with van der Waals surface area (Å²) in [5.74, 6) is -0.827. The predicted molar refractivity (Wildman–Crippen MR) is 53.3 cm³/mol. The van der Waals surface area contributed by atoms with Crippen LogP contribution in [0.5, 0.6) is 0 Å². The number of carboxylic acid groups (broad SMARTS) is 1. The minimum Gasteiger partial charge on any atom is -0.480 e. The van der Waals surface area contributed by atoms with Crippen molar-refractivity contribution >= 4 is 17.0 Å². The molecule has 84 valence electrons. The van der Waals surface area contributed by atoms with E-state index in [2.05, 4.69) is 0 Å². The van der Waals surface area contributed by atoms with E-state index in [4.69, 9.17) is 14.9 Å². The number of carboxylic acids is 1. The highest BCUT2D eigenvalue weighted by molar-refractivity contribution is 7.79. The SMILES string of the molecule is N#CC1(C(=O)O)CCC(CS(=O)O)CC1. The molecule has 1 aliphatic carbocycles. The molecule has 1 saturated carbocycles. The zero-order valence-corrected chi connectivity index (χ0v) is 9.00. The lowest BCUT2D eigenvalue weighted by atomic mass is 9.72. The maximum Gasteiger partial charge on any atom is 0.324 e. The van der Waals surface area contributed by atoms with Crippen LogP contribution in [0.15, 0.2) is 0 Å². The monoisotopic (exact) mass is 231 g/mol. The van der Waals surface area contributed by atoms with Gasteiger partial charge in [-0.25, -0.2) is 4.21 Å². The summed E-state index contributed by atoms with van der Waals surface area (Å²) >= 11 is -1.83. The van der Waals surface area contributed by atoms with Gasteiger partial charge in [0.2, 0.25) is 0 Å². The molecule has 0 amide bonds. The van der Waals surface area contributed by atoms with E-state index in [-0.39, 0.29) is 24.5 Å². The minimum atomic E-state index is -1.83. The molecular formula is C9H13NO4S. The Balaban J connectivity index is 2.58. The van der Waals surface area contributed by atoms with Crippen LogP contribution in [0.3, 0.4) is 0 Å². The highest BCUT2D eigenvalue weighted by Gasteiger charge is 2.42. The largest absolute Gasteiger partial charge is 0.480 e. The van der Waals surface area contributed by atoms with Crippen LogP contribution in [0.2, 0.25) is 0 Å². The van der Waals surface area contributed by atoms with Gasteiger partial charge in [0.25, 0.3) is 0 Å². The molecule has 1 aliphatic rings. The number of nitrogens with zero attached hydrogens (tertiary/aromatic N) is 1. The Morgan fingerprint density at radius 3 is 2.40 bits per heavy atom. The fourth-order valence-electron chi connectivity index (χ4n) is 1.91. The summed E-state index contributed by atoms with van der Waals surface area (Å²) < 4.78 is 19.3. The molecular weight excluding hydrogens is 218 g/mol. The first-order valence-corrected chi connectivity index (χ1v) is 6.00. The molecule has 0 spiro atoms. The van der Waals surface area contributed by atoms with Gasteiger partial charge in [-0.05, 0) is 31.6 Å². The normalized spacial score (nSPS) is 32.9. The van der Waals surface area contributed by atoms with Gasteiger partial charge in [0.1, 0.15) is 0 Å². The van der Waals surface area contributed by atoms with Gasteiger partial charge in [-0.2, -0.15) is 5.26 Å². The van der Waals surface area contributed by atoms with Crippen LogP contribution in [0.25, 0.3) is 0 Å². The average molecular weight is 231 g/mol. The van der Waals surface area contributed by atoms with Crippen molar-refractivity contribution in [1.82, 2.24) is 0 Å². The molecule has 0 aromatic heterocycles. The smallest absolute Gasteiger partial charge is 0.324 e. The molecule has 15 heavy (non-hydrogen) atoms. The third-order valence-electron chi connectivity index (χ3n) is 2.96. The summed E-state index contributed by atoms with van der Waals surface area (Å²) in [6.45, 7) is 0. The molecule has 0 aromatic rings. The Bertz CT molecular complexity index is 315. The van der Waals surface area contributed by atoms with Crippen molar-refractivity contribution in [2.75, 3.05) is 5.75 Å². The van der Waals surface area contributed by atoms with Crippen molar-refractivity contribution in [2.45, 2.75) is 25.7 Å². The zero-order chi connectivity index (χ0) is 11.5. The highest BCUT2D eigenvalue weighted by Crippen LogP contribution is 2.38. The van der Waals surface area contributed by atoms with Gasteiger partial charge in [-0.3, -0.25) is 4.79 Å². The molecule has 1 fully saturated rings. The quantitative estimate of drug-likeness (QED) is 0.706. The van der Waals surface area contributed by atoms with Crippen molar-refractivity contribution < 1.29 is 18.7 Å². The maximum absolute atomic E-state index is 10.9. The lowest BCUT2D eigenvalue weighted by Crippen LogP contribution is -2.35. The number of rotatable bonds is 3. The minimum absolute atomic E-state index is 0.0664. The lowest BCUT2D eigenvalue weighted by molar-refractivity contribution is -0.147. The lowest BCUT2D eigenvalue weighted by Gasteiger charge is -2.30. The average Bonchev–Trinajstić information content (AvgIpc) is 2.18. The Labute approximate surface area is 90.4 Å². The number of hydrogen-bond acceptors (Lipinski definition) is 3. The van der Waals surface area contributed by atoms with E-state index in [1.165, 1.54) is 0 Å². The number of aliphatic carboxylic acids is 1. The standard InChI is InChI=1S/C9H13NO4S/c10-6-9(8(11)12)3-1-7(2-4-9)5-15(13)14/h7H,1-5H2,(H,11,12)(H,13,14). The second-order valence-electron chi connectivity index (χ2n) is 3.93. The highest BCUT2D eigenvalue weighted by atomic mass is 32.2. The van der Waals surface area contributed by atoms with Crippen LogP contribution >= 0.6 is 0 Å². The van der Waals surface area contributed by atoms with E-state index >= 15 is 0 Å². The van der Waals surface area contributed by atoms with Crippen LogP contribution in [-0.2, 0) is 15.9 Å². The third-order valence-corrected chi connectivity index (χ3v) is 3.72. The molecule has 0 aliphatic heterocycles. The van der Waals surface area contributed by atoms with Gasteiger partial charge in [-0.15, -0.1) is 0 Å². The first-order valence-electron chi connectivity index (χ1n) is 4.72. The Hall–Kier alpha value is -0.930. The van der Waals surface area contributed by atoms with Gasteiger partial charge in [0.05, 0.1) is 11.8 Å². The molecule has 6 heteroatoms. The number of carbonyl (C=O) groups is 1. The van der Waals surface area contributed by atoms with E-state index in [1.54, 1.807) is 0 Å². The van der Waals surface area contributed by atoms with E-state index in [9.17, 15) is 9.00 Å². The van der Waals surface area contributed by atoms with E-state index in [0.29, 0.717) is 12.8 Å². The van der Waals surface area contributed by atoms with Gasteiger partial charge in [-0.1, -0.05) is 0 Å². The molecule has 2 N–H and O–H groups in total. The van der Waals surface area contributed by atoms with E-state index < -0.39 is 22.5 Å². The molecule has 1 rings (SSSR count). The molecule has 1 unspecified atom stereocenters. The second-order valence-corrected chi connectivity index (χ2v) is 4.91. The maximum atomic E-state index is 10.9. The van der Waals surface area contributed by atoms with Gasteiger partial charge < -0.3 is 9.66 Å². The number of hydrogen-bond donors (Lipinski definition) is 2. The predicted octanol–water partition coefficient (Wildman–Crippen LogP) is 0.993. The first kappa shape index (κ1) is 12.1.